The molecule has 1 aliphatic heterocycles. The highest BCUT2D eigenvalue weighted by Gasteiger charge is 2.45. The molecule has 1 aromatic rings. The van der Waals surface area contributed by atoms with Gasteiger partial charge in [0.05, 0.1) is 0 Å². The molecule has 0 spiro atoms. The maximum absolute atomic E-state index is 12.1. The average molecular weight is 406 g/mol. The Morgan fingerprint density at radius 1 is 1.41 bits per heavy atom. The highest BCUT2D eigenvalue weighted by atomic mass is 79.9. The second-order valence-electron chi connectivity index (χ2n) is 5.97. The number of benzene rings is 1. The molecule has 2 fully saturated rings. The summed E-state index contributed by atoms with van der Waals surface area (Å²) in [5.74, 6) is 2.37. The summed E-state index contributed by atoms with van der Waals surface area (Å²) < 4.78 is 1.15. The molecular formula is C16H22BrClN2OS. The molecule has 1 aromatic carbocycles. The van der Waals surface area contributed by atoms with Crippen molar-refractivity contribution in [2.75, 3.05) is 24.6 Å². The summed E-state index contributed by atoms with van der Waals surface area (Å²) in [5, 5.41) is 6.56. The maximum Gasteiger partial charge on any atom is 0.221 e. The predicted molar refractivity (Wildman–Crippen MR) is 99.0 cm³/mol. The van der Waals surface area contributed by atoms with Crippen LogP contribution in [0.1, 0.15) is 24.8 Å². The Hall–Kier alpha value is -0.230. The lowest BCUT2D eigenvalue weighted by atomic mass is 9.96. The SMILES string of the molecule is Cl.O=C(CC1CSCCN1)NCC1(c2ccccc2Br)CC1. The van der Waals surface area contributed by atoms with Crippen LogP contribution in [0.4, 0.5) is 0 Å². The number of amides is 1. The van der Waals surface area contributed by atoms with Crippen LogP contribution in [0.2, 0.25) is 0 Å². The first-order valence-electron chi connectivity index (χ1n) is 7.52. The summed E-state index contributed by atoms with van der Waals surface area (Å²) in [6.45, 7) is 1.78. The van der Waals surface area contributed by atoms with Crippen molar-refractivity contribution < 1.29 is 4.79 Å². The summed E-state index contributed by atoms with van der Waals surface area (Å²) in [5.41, 5.74) is 1.49. The number of rotatable bonds is 5. The first kappa shape index (κ1) is 18.1. The Kier molecular flexibility index (Phi) is 6.62. The van der Waals surface area contributed by atoms with Crippen molar-refractivity contribution in [2.45, 2.75) is 30.7 Å². The van der Waals surface area contributed by atoms with Crippen LogP contribution >= 0.6 is 40.1 Å². The third-order valence-corrected chi connectivity index (χ3v) is 6.18. The van der Waals surface area contributed by atoms with Crippen molar-refractivity contribution in [3.8, 4) is 0 Å². The number of carbonyl (C=O) groups is 1. The van der Waals surface area contributed by atoms with E-state index in [1.54, 1.807) is 0 Å². The van der Waals surface area contributed by atoms with E-state index in [1.165, 1.54) is 5.56 Å². The minimum Gasteiger partial charge on any atom is -0.355 e. The van der Waals surface area contributed by atoms with Crippen LogP contribution in [-0.2, 0) is 10.2 Å². The van der Waals surface area contributed by atoms with Crippen LogP contribution in [-0.4, -0.2) is 36.5 Å². The van der Waals surface area contributed by atoms with Crippen LogP contribution in [0.3, 0.4) is 0 Å². The number of carbonyl (C=O) groups excluding carboxylic acids is 1. The molecule has 1 aliphatic carbocycles. The van der Waals surface area contributed by atoms with Crippen molar-refractivity contribution in [3.05, 3.63) is 34.3 Å². The van der Waals surface area contributed by atoms with Crippen LogP contribution < -0.4 is 10.6 Å². The maximum atomic E-state index is 12.1. The fraction of sp³-hybridized carbons (Fsp3) is 0.562. The zero-order chi connectivity index (χ0) is 14.7. The van der Waals surface area contributed by atoms with Gasteiger partial charge in [0, 0.05) is 46.9 Å². The van der Waals surface area contributed by atoms with E-state index in [0.29, 0.717) is 12.5 Å². The molecular weight excluding hydrogens is 384 g/mol. The van der Waals surface area contributed by atoms with Gasteiger partial charge in [0.15, 0.2) is 0 Å². The second-order valence-corrected chi connectivity index (χ2v) is 7.97. The lowest BCUT2D eigenvalue weighted by molar-refractivity contribution is -0.121. The molecule has 0 aromatic heterocycles. The van der Waals surface area contributed by atoms with Gasteiger partial charge in [0.1, 0.15) is 0 Å². The van der Waals surface area contributed by atoms with Crippen LogP contribution in [0.15, 0.2) is 28.7 Å². The molecule has 1 saturated carbocycles. The van der Waals surface area contributed by atoms with E-state index in [-0.39, 0.29) is 23.7 Å². The van der Waals surface area contributed by atoms with Gasteiger partial charge in [0.2, 0.25) is 5.91 Å². The lowest BCUT2D eigenvalue weighted by Gasteiger charge is -2.23. The highest BCUT2D eigenvalue weighted by Crippen LogP contribution is 2.49. The van der Waals surface area contributed by atoms with Crippen molar-refractivity contribution >= 4 is 46.0 Å². The zero-order valence-corrected chi connectivity index (χ0v) is 15.7. The molecule has 2 N–H and O–H groups in total. The summed E-state index contributed by atoms with van der Waals surface area (Å²) >= 11 is 5.56. The number of thioether (sulfide) groups is 1. The Morgan fingerprint density at radius 3 is 2.82 bits per heavy atom. The summed E-state index contributed by atoms with van der Waals surface area (Å²) in [6, 6.07) is 8.70. The van der Waals surface area contributed by atoms with Gasteiger partial charge in [-0.15, -0.1) is 12.4 Å². The van der Waals surface area contributed by atoms with E-state index in [9.17, 15) is 4.79 Å². The normalized spacial score (nSPS) is 22.5. The minimum atomic E-state index is 0. The van der Waals surface area contributed by atoms with Gasteiger partial charge in [-0.3, -0.25) is 4.79 Å². The van der Waals surface area contributed by atoms with E-state index in [2.05, 4.69) is 44.8 Å². The molecule has 1 unspecified atom stereocenters. The van der Waals surface area contributed by atoms with Crippen molar-refractivity contribution in [1.82, 2.24) is 10.6 Å². The van der Waals surface area contributed by atoms with E-state index in [0.717, 1.165) is 41.9 Å². The standard InChI is InChI=1S/C16H21BrN2OS.ClH/c17-14-4-2-1-3-13(14)16(5-6-16)11-19-15(20)9-12-10-21-8-7-18-12;/h1-4,12,18H,5-11H2,(H,19,20);1H. The lowest BCUT2D eigenvalue weighted by Crippen LogP contribution is -2.42. The molecule has 1 saturated heterocycles. The summed E-state index contributed by atoms with van der Waals surface area (Å²) in [4.78, 5) is 12.1. The molecule has 22 heavy (non-hydrogen) atoms. The highest BCUT2D eigenvalue weighted by molar-refractivity contribution is 9.10. The fourth-order valence-corrected chi connectivity index (χ4v) is 4.55. The third-order valence-electron chi connectivity index (χ3n) is 4.35. The van der Waals surface area contributed by atoms with Crippen LogP contribution in [0.25, 0.3) is 0 Å². The van der Waals surface area contributed by atoms with E-state index >= 15 is 0 Å². The topological polar surface area (TPSA) is 41.1 Å². The molecule has 0 bridgehead atoms. The zero-order valence-electron chi connectivity index (χ0n) is 12.4. The Labute approximate surface area is 150 Å². The predicted octanol–water partition coefficient (Wildman–Crippen LogP) is 3.11. The molecule has 1 amide bonds. The first-order chi connectivity index (χ1) is 10.2. The van der Waals surface area contributed by atoms with Crippen LogP contribution in [0, 0.1) is 0 Å². The number of halogens is 2. The fourth-order valence-electron chi connectivity index (χ4n) is 2.90. The molecule has 1 heterocycles. The van der Waals surface area contributed by atoms with Gasteiger partial charge >= 0.3 is 0 Å². The third kappa shape index (κ3) is 4.40. The van der Waals surface area contributed by atoms with Crippen LogP contribution in [0.5, 0.6) is 0 Å². The van der Waals surface area contributed by atoms with Crippen molar-refractivity contribution in [2.24, 2.45) is 0 Å². The smallest absolute Gasteiger partial charge is 0.221 e. The Bertz CT molecular complexity index is 519. The quantitative estimate of drug-likeness (QED) is 0.791. The number of hydrogen-bond donors (Lipinski definition) is 2. The molecule has 122 valence electrons. The number of hydrogen-bond acceptors (Lipinski definition) is 3. The molecule has 2 aliphatic rings. The molecule has 3 nitrogen and oxygen atoms in total. The first-order valence-corrected chi connectivity index (χ1v) is 9.47. The number of nitrogens with one attached hydrogen (secondary N) is 2. The summed E-state index contributed by atoms with van der Waals surface area (Å²) in [7, 11) is 0. The average Bonchev–Trinajstić information content (AvgIpc) is 3.28. The molecule has 1 atom stereocenters. The largest absolute Gasteiger partial charge is 0.355 e. The van der Waals surface area contributed by atoms with Crippen molar-refractivity contribution in [3.63, 3.8) is 0 Å². The molecule has 3 rings (SSSR count). The van der Waals surface area contributed by atoms with E-state index in [4.69, 9.17) is 0 Å². The molecule has 0 radical (unpaired) electrons. The summed E-state index contributed by atoms with van der Waals surface area (Å²) in [6.07, 6.45) is 2.92. The minimum absolute atomic E-state index is 0. The van der Waals surface area contributed by atoms with E-state index in [1.807, 2.05) is 17.8 Å². The van der Waals surface area contributed by atoms with Gasteiger partial charge in [-0.1, -0.05) is 34.1 Å². The Morgan fingerprint density at radius 2 is 2.18 bits per heavy atom. The van der Waals surface area contributed by atoms with Gasteiger partial charge in [-0.2, -0.15) is 11.8 Å². The van der Waals surface area contributed by atoms with Gasteiger partial charge in [0.25, 0.3) is 0 Å². The van der Waals surface area contributed by atoms with Gasteiger partial charge < -0.3 is 10.6 Å². The monoisotopic (exact) mass is 404 g/mol. The Balaban J connectivity index is 0.00000176. The van der Waals surface area contributed by atoms with Gasteiger partial charge in [-0.25, -0.2) is 0 Å². The van der Waals surface area contributed by atoms with E-state index < -0.39 is 0 Å². The van der Waals surface area contributed by atoms with Gasteiger partial charge in [-0.05, 0) is 24.5 Å². The van der Waals surface area contributed by atoms with Crippen molar-refractivity contribution in [1.29, 1.82) is 0 Å². The molecule has 6 heteroatoms. The second kappa shape index (κ2) is 8.04.